The van der Waals surface area contributed by atoms with Gasteiger partial charge in [-0.25, -0.2) is 0 Å². The van der Waals surface area contributed by atoms with E-state index in [4.69, 9.17) is 0 Å². The normalized spacial score (nSPS) is 18.3. The Morgan fingerprint density at radius 2 is 1.86 bits per heavy atom. The van der Waals surface area contributed by atoms with Crippen molar-refractivity contribution in [3.63, 3.8) is 0 Å². The molecule has 1 aliphatic heterocycles. The Morgan fingerprint density at radius 1 is 1.09 bits per heavy atom. The average molecular weight is 305 g/mol. The zero-order valence-electron chi connectivity index (χ0n) is 13.9. The standard InChI is InChI=1S/C19H31NO2/c1-2-3-4-5-6-7-9-15-12-16(18-10-8-11-20-18)14-17(13-15)19(21)22/h12-14,18-22H,2-11H2,1H3/t18-/m1/s1. The molecule has 1 saturated heterocycles. The quantitative estimate of drug-likeness (QED) is 0.477. The van der Waals surface area contributed by atoms with E-state index >= 15 is 0 Å². The molecule has 124 valence electrons. The fourth-order valence-electron chi connectivity index (χ4n) is 3.32. The van der Waals surface area contributed by atoms with Gasteiger partial charge in [0, 0.05) is 11.6 Å². The van der Waals surface area contributed by atoms with Crippen LogP contribution in [-0.2, 0) is 6.42 Å². The van der Waals surface area contributed by atoms with E-state index in [9.17, 15) is 10.2 Å². The summed E-state index contributed by atoms with van der Waals surface area (Å²) in [4.78, 5) is 0. The lowest BCUT2D eigenvalue weighted by atomic mass is 9.96. The molecule has 0 bridgehead atoms. The smallest absolute Gasteiger partial charge is 0.178 e. The Kier molecular flexibility index (Phi) is 7.37. The fourth-order valence-corrected chi connectivity index (χ4v) is 3.32. The summed E-state index contributed by atoms with van der Waals surface area (Å²) in [5.41, 5.74) is 3.08. The number of benzene rings is 1. The summed E-state index contributed by atoms with van der Waals surface area (Å²) >= 11 is 0. The van der Waals surface area contributed by atoms with Crippen molar-refractivity contribution in [2.75, 3.05) is 6.54 Å². The molecule has 0 unspecified atom stereocenters. The zero-order chi connectivity index (χ0) is 15.8. The summed E-state index contributed by atoms with van der Waals surface area (Å²) < 4.78 is 0. The molecule has 0 saturated carbocycles. The van der Waals surface area contributed by atoms with Crippen LogP contribution in [0.3, 0.4) is 0 Å². The summed E-state index contributed by atoms with van der Waals surface area (Å²) in [7, 11) is 0. The molecule has 0 spiro atoms. The Bertz CT molecular complexity index is 439. The highest BCUT2D eigenvalue weighted by molar-refractivity contribution is 5.33. The van der Waals surface area contributed by atoms with E-state index in [1.165, 1.54) is 56.1 Å². The zero-order valence-corrected chi connectivity index (χ0v) is 13.9. The predicted octanol–water partition coefficient (Wildman–Crippen LogP) is 4.00. The van der Waals surface area contributed by atoms with Gasteiger partial charge in [0.25, 0.3) is 0 Å². The SMILES string of the molecule is CCCCCCCCc1cc(C(O)O)cc([C@H]2CCCN2)c1. The summed E-state index contributed by atoms with van der Waals surface area (Å²) in [6.07, 6.45) is 9.73. The monoisotopic (exact) mass is 305 g/mol. The number of aliphatic hydroxyl groups excluding tert-OH is 1. The molecule has 0 aromatic heterocycles. The van der Waals surface area contributed by atoms with Gasteiger partial charge in [0.05, 0.1) is 0 Å². The van der Waals surface area contributed by atoms with Gasteiger partial charge in [0.1, 0.15) is 0 Å². The van der Waals surface area contributed by atoms with Gasteiger partial charge in [-0.15, -0.1) is 0 Å². The third kappa shape index (κ3) is 5.38. The van der Waals surface area contributed by atoms with Gasteiger partial charge in [0.15, 0.2) is 6.29 Å². The fraction of sp³-hybridized carbons (Fsp3) is 0.684. The first-order valence-electron chi connectivity index (χ1n) is 8.94. The molecule has 2 rings (SSSR count). The second-order valence-corrected chi connectivity index (χ2v) is 6.55. The second kappa shape index (κ2) is 9.29. The Morgan fingerprint density at radius 3 is 2.55 bits per heavy atom. The molecule has 3 N–H and O–H groups in total. The van der Waals surface area contributed by atoms with Crippen molar-refractivity contribution in [1.82, 2.24) is 5.32 Å². The van der Waals surface area contributed by atoms with E-state index in [0.29, 0.717) is 11.6 Å². The van der Waals surface area contributed by atoms with Crippen molar-refractivity contribution in [2.45, 2.75) is 77.0 Å². The molecule has 3 heteroatoms. The highest BCUT2D eigenvalue weighted by atomic mass is 16.5. The molecule has 0 amide bonds. The minimum atomic E-state index is -1.37. The van der Waals surface area contributed by atoms with Gasteiger partial charge in [-0.1, -0.05) is 51.2 Å². The number of hydrogen-bond donors (Lipinski definition) is 3. The highest BCUT2D eigenvalue weighted by Crippen LogP contribution is 2.27. The topological polar surface area (TPSA) is 52.5 Å². The van der Waals surface area contributed by atoms with Crippen molar-refractivity contribution in [1.29, 1.82) is 0 Å². The van der Waals surface area contributed by atoms with Gasteiger partial charge in [-0.3, -0.25) is 0 Å². The van der Waals surface area contributed by atoms with Crippen molar-refractivity contribution >= 4 is 0 Å². The first-order chi connectivity index (χ1) is 10.7. The molecule has 0 radical (unpaired) electrons. The van der Waals surface area contributed by atoms with Crippen molar-refractivity contribution < 1.29 is 10.2 Å². The molecule has 1 fully saturated rings. The Balaban J connectivity index is 1.93. The third-order valence-electron chi connectivity index (χ3n) is 4.62. The van der Waals surface area contributed by atoms with Gasteiger partial charge in [0.2, 0.25) is 0 Å². The molecule has 1 aliphatic rings. The van der Waals surface area contributed by atoms with E-state index in [1.54, 1.807) is 0 Å². The van der Waals surface area contributed by atoms with E-state index < -0.39 is 6.29 Å². The lowest BCUT2D eigenvalue weighted by Gasteiger charge is -2.16. The molecule has 3 nitrogen and oxygen atoms in total. The maximum atomic E-state index is 9.52. The molecule has 0 aliphatic carbocycles. The number of aryl methyl sites for hydroxylation is 1. The molecule has 1 aromatic rings. The van der Waals surface area contributed by atoms with Crippen molar-refractivity contribution in [3.05, 3.63) is 34.9 Å². The Hall–Kier alpha value is -0.900. The first-order valence-corrected chi connectivity index (χ1v) is 8.94. The third-order valence-corrected chi connectivity index (χ3v) is 4.62. The summed E-state index contributed by atoms with van der Waals surface area (Å²) in [5.74, 6) is 0. The number of nitrogens with one attached hydrogen (secondary N) is 1. The minimum absolute atomic E-state index is 0.377. The van der Waals surface area contributed by atoms with Gasteiger partial charge in [-0.05, 0) is 49.4 Å². The Labute approximate surface area is 134 Å². The summed E-state index contributed by atoms with van der Waals surface area (Å²) in [6, 6.07) is 6.52. The maximum Gasteiger partial charge on any atom is 0.178 e. The van der Waals surface area contributed by atoms with Crippen LogP contribution in [0.1, 0.15) is 87.3 Å². The molecule has 22 heavy (non-hydrogen) atoms. The molecular formula is C19H31NO2. The van der Waals surface area contributed by atoms with Crippen LogP contribution in [0.2, 0.25) is 0 Å². The van der Waals surface area contributed by atoms with Gasteiger partial charge >= 0.3 is 0 Å². The van der Waals surface area contributed by atoms with E-state index in [2.05, 4.69) is 18.3 Å². The number of hydrogen-bond acceptors (Lipinski definition) is 3. The first kappa shape index (κ1) is 17.5. The van der Waals surface area contributed by atoms with Crippen molar-refractivity contribution in [3.8, 4) is 0 Å². The van der Waals surface area contributed by atoms with Crippen molar-refractivity contribution in [2.24, 2.45) is 0 Å². The molecule has 1 atom stereocenters. The molecule has 1 heterocycles. The van der Waals surface area contributed by atoms with Gasteiger partial charge < -0.3 is 15.5 Å². The average Bonchev–Trinajstić information content (AvgIpc) is 3.05. The van der Waals surface area contributed by atoms with E-state index in [0.717, 1.165) is 19.4 Å². The van der Waals surface area contributed by atoms with E-state index in [1.807, 2.05) is 12.1 Å². The number of rotatable bonds is 9. The van der Waals surface area contributed by atoms with Crippen LogP contribution in [0.25, 0.3) is 0 Å². The van der Waals surface area contributed by atoms with Crippen LogP contribution in [0.5, 0.6) is 0 Å². The summed E-state index contributed by atoms with van der Waals surface area (Å²) in [6.45, 7) is 3.30. The van der Waals surface area contributed by atoms with Crippen LogP contribution in [0.4, 0.5) is 0 Å². The highest BCUT2D eigenvalue weighted by Gasteiger charge is 2.18. The van der Waals surface area contributed by atoms with Crippen LogP contribution in [-0.4, -0.2) is 16.8 Å². The van der Waals surface area contributed by atoms with Gasteiger partial charge in [-0.2, -0.15) is 0 Å². The molecular weight excluding hydrogens is 274 g/mol. The lowest BCUT2D eigenvalue weighted by Crippen LogP contribution is -2.14. The van der Waals surface area contributed by atoms with Crippen LogP contribution < -0.4 is 5.32 Å². The predicted molar refractivity (Wildman–Crippen MR) is 90.7 cm³/mol. The largest absolute Gasteiger partial charge is 0.364 e. The minimum Gasteiger partial charge on any atom is -0.364 e. The van der Waals surface area contributed by atoms with Crippen LogP contribution in [0.15, 0.2) is 18.2 Å². The number of aliphatic hydroxyl groups is 2. The second-order valence-electron chi connectivity index (χ2n) is 6.55. The number of unbranched alkanes of at least 4 members (excludes halogenated alkanes) is 5. The molecule has 1 aromatic carbocycles. The lowest BCUT2D eigenvalue weighted by molar-refractivity contribution is -0.0426. The van der Waals surface area contributed by atoms with Crippen LogP contribution in [0, 0.1) is 0 Å². The maximum absolute atomic E-state index is 9.52. The van der Waals surface area contributed by atoms with E-state index in [-0.39, 0.29) is 0 Å². The summed E-state index contributed by atoms with van der Waals surface area (Å²) in [5, 5.41) is 22.5. The van der Waals surface area contributed by atoms with Crippen LogP contribution >= 0.6 is 0 Å².